The van der Waals surface area contributed by atoms with Crippen LogP contribution in [0.2, 0.25) is 0 Å². The summed E-state index contributed by atoms with van der Waals surface area (Å²) in [5.74, 6) is 0.614. The summed E-state index contributed by atoms with van der Waals surface area (Å²) >= 11 is 1.86. The fourth-order valence-corrected chi connectivity index (χ4v) is 7.61. The molecule has 0 saturated heterocycles. The molecule has 0 aliphatic heterocycles. The molecule has 45 heavy (non-hydrogen) atoms. The summed E-state index contributed by atoms with van der Waals surface area (Å²) in [7, 11) is 0. The molecule has 0 aliphatic rings. The normalized spacial score (nSPS) is 11.6. The van der Waals surface area contributed by atoms with Gasteiger partial charge in [0.1, 0.15) is 5.52 Å². The van der Waals surface area contributed by atoms with Gasteiger partial charge in [0, 0.05) is 42.5 Å². The Morgan fingerprint density at radius 1 is 0.533 bits per heavy atom. The van der Waals surface area contributed by atoms with Gasteiger partial charge in [0.25, 0.3) is 0 Å². The Balaban J connectivity index is 1.23. The van der Waals surface area contributed by atoms with Crippen molar-refractivity contribution in [1.29, 1.82) is 0 Å². The number of rotatable bonds is 5. The number of para-hydroxylation sites is 1. The van der Waals surface area contributed by atoms with Crippen LogP contribution in [-0.4, -0.2) is 4.98 Å². The summed E-state index contributed by atoms with van der Waals surface area (Å²) in [5.41, 5.74) is 8.06. The zero-order valence-electron chi connectivity index (χ0n) is 24.2. The van der Waals surface area contributed by atoms with E-state index >= 15 is 0 Å². The van der Waals surface area contributed by atoms with E-state index in [1.165, 1.54) is 31.3 Å². The second-order valence-electron chi connectivity index (χ2n) is 11.2. The third-order valence-electron chi connectivity index (χ3n) is 8.48. The monoisotopic (exact) mass is 594 g/mol. The Bertz CT molecular complexity index is 2480. The van der Waals surface area contributed by atoms with Gasteiger partial charge in [-0.3, -0.25) is 0 Å². The van der Waals surface area contributed by atoms with Gasteiger partial charge in [0.15, 0.2) is 5.58 Å². The van der Waals surface area contributed by atoms with Crippen LogP contribution in [0.3, 0.4) is 0 Å². The van der Waals surface area contributed by atoms with E-state index in [0.29, 0.717) is 5.89 Å². The fourth-order valence-electron chi connectivity index (χ4n) is 6.37. The van der Waals surface area contributed by atoms with Crippen molar-refractivity contribution in [3.05, 3.63) is 158 Å². The molecule has 2 heterocycles. The van der Waals surface area contributed by atoms with Gasteiger partial charge < -0.3 is 9.32 Å². The molecule has 0 N–H and O–H groups in total. The lowest BCUT2D eigenvalue weighted by Gasteiger charge is -2.26. The van der Waals surface area contributed by atoms with Crippen LogP contribution in [-0.2, 0) is 0 Å². The Morgan fingerprint density at radius 2 is 1.20 bits per heavy atom. The van der Waals surface area contributed by atoms with Crippen molar-refractivity contribution in [2.45, 2.75) is 0 Å². The molecular weight excluding hydrogens is 569 g/mol. The van der Waals surface area contributed by atoms with E-state index in [9.17, 15) is 0 Å². The lowest BCUT2D eigenvalue weighted by molar-refractivity contribution is 0.620. The lowest BCUT2D eigenvalue weighted by atomic mass is 10.0. The van der Waals surface area contributed by atoms with Crippen molar-refractivity contribution >= 4 is 70.4 Å². The maximum atomic E-state index is 6.64. The van der Waals surface area contributed by atoms with Crippen molar-refractivity contribution in [2.24, 2.45) is 0 Å². The van der Waals surface area contributed by atoms with Crippen LogP contribution >= 0.6 is 11.3 Å². The Kier molecular flexibility index (Phi) is 6.00. The number of thiophene rings is 1. The second-order valence-corrected chi connectivity index (χ2v) is 12.2. The highest BCUT2D eigenvalue weighted by Crippen LogP contribution is 2.44. The molecule has 9 rings (SSSR count). The van der Waals surface area contributed by atoms with Crippen LogP contribution in [0, 0.1) is 0 Å². The predicted molar refractivity (Wildman–Crippen MR) is 190 cm³/mol. The molecule has 4 heteroatoms. The average Bonchev–Trinajstić information content (AvgIpc) is 3.73. The minimum atomic E-state index is 0.614. The molecule has 0 saturated carbocycles. The highest BCUT2D eigenvalue weighted by Gasteiger charge is 2.22. The van der Waals surface area contributed by atoms with Crippen LogP contribution in [0.1, 0.15) is 0 Å². The van der Waals surface area contributed by atoms with Crippen LogP contribution in [0.25, 0.3) is 64.6 Å². The van der Waals surface area contributed by atoms with E-state index in [1.54, 1.807) is 0 Å². The van der Waals surface area contributed by atoms with Crippen molar-refractivity contribution in [3.8, 4) is 22.6 Å². The summed E-state index contributed by atoms with van der Waals surface area (Å²) in [5, 5.41) is 4.80. The van der Waals surface area contributed by atoms with E-state index in [-0.39, 0.29) is 0 Å². The molecule has 0 fully saturated rings. The molecule has 0 spiro atoms. The zero-order valence-corrected chi connectivity index (χ0v) is 25.0. The van der Waals surface area contributed by atoms with Crippen molar-refractivity contribution in [3.63, 3.8) is 0 Å². The quantitative estimate of drug-likeness (QED) is 0.198. The van der Waals surface area contributed by atoms with Gasteiger partial charge in [-0.15, -0.1) is 11.3 Å². The summed E-state index contributed by atoms with van der Waals surface area (Å²) in [4.78, 5) is 7.33. The molecule has 3 nitrogen and oxygen atoms in total. The molecule has 2 aromatic heterocycles. The van der Waals surface area contributed by atoms with Gasteiger partial charge in [-0.2, -0.15) is 0 Å². The third kappa shape index (κ3) is 4.30. The number of nitrogens with zero attached hydrogens (tertiary/aromatic N) is 2. The summed E-state index contributed by atoms with van der Waals surface area (Å²) < 4.78 is 9.27. The number of oxazole rings is 1. The molecule has 0 unspecified atom stereocenters. The van der Waals surface area contributed by atoms with Gasteiger partial charge in [-0.05, 0) is 65.0 Å². The van der Waals surface area contributed by atoms with E-state index in [4.69, 9.17) is 9.40 Å². The Labute approximate surface area is 264 Å². The standard InChI is InChI=1S/C41H26N2OS/c1-3-12-28(13-4-1)41-42-38-32-17-8-7-14-29(32)26-36(39(38)44-41)43(30-15-5-2-6-16-30)31-24-22-27(23-25-31)33-19-11-20-35-34-18-9-10-21-37(34)45-40(33)35/h1-26H. The molecule has 212 valence electrons. The first-order chi connectivity index (χ1) is 22.3. The first kappa shape index (κ1) is 25.8. The van der Waals surface area contributed by atoms with Crippen LogP contribution < -0.4 is 4.90 Å². The van der Waals surface area contributed by atoms with E-state index < -0.39 is 0 Å². The van der Waals surface area contributed by atoms with Crippen molar-refractivity contribution in [2.75, 3.05) is 4.90 Å². The van der Waals surface area contributed by atoms with Gasteiger partial charge in [-0.1, -0.05) is 109 Å². The minimum absolute atomic E-state index is 0.614. The molecular formula is C41H26N2OS. The van der Waals surface area contributed by atoms with Crippen LogP contribution in [0.15, 0.2) is 162 Å². The van der Waals surface area contributed by atoms with Crippen LogP contribution in [0.5, 0.6) is 0 Å². The molecule has 9 aromatic rings. The molecule has 0 bridgehead atoms. The second kappa shape index (κ2) is 10.5. The largest absolute Gasteiger partial charge is 0.434 e. The fraction of sp³-hybridized carbons (Fsp3) is 0. The maximum absolute atomic E-state index is 6.64. The van der Waals surface area contributed by atoms with Gasteiger partial charge in [-0.25, -0.2) is 4.98 Å². The minimum Gasteiger partial charge on any atom is -0.434 e. The molecule has 0 radical (unpaired) electrons. The first-order valence-corrected chi connectivity index (χ1v) is 15.9. The average molecular weight is 595 g/mol. The smallest absolute Gasteiger partial charge is 0.227 e. The lowest BCUT2D eigenvalue weighted by Crippen LogP contribution is -2.10. The molecule has 0 amide bonds. The number of hydrogen-bond acceptors (Lipinski definition) is 4. The topological polar surface area (TPSA) is 29.3 Å². The van der Waals surface area contributed by atoms with Crippen molar-refractivity contribution in [1.82, 2.24) is 4.98 Å². The summed E-state index contributed by atoms with van der Waals surface area (Å²) in [6.45, 7) is 0. The zero-order chi connectivity index (χ0) is 29.7. The third-order valence-corrected chi connectivity index (χ3v) is 9.70. The predicted octanol–water partition coefficient (Wildman–Crippen LogP) is 12.2. The van der Waals surface area contributed by atoms with Gasteiger partial charge >= 0.3 is 0 Å². The van der Waals surface area contributed by atoms with Gasteiger partial charge in [0.05, 0.1) is 5.69 Å². The first-order valence-electron chi connectivity index (χ1n) is 15.1. The number of anilines is 3. The highest BCUT2D eigenvalue weighted by atomic mass is 32.1. The Hall–Kier alpha value is -5.71. The summed E-state index contributed by atoms with van der Waals surface area (Å²) in [6, 6.07) is 55.4. The molecule has 0 aliphatic carbocycles. The summed E-state index contributed by atoms with van der Waals surface area (Å²) in [6.07, 6.45) is 0. The van der Waals surface area contributed by atoms with E-state index in [0.717, 1.165) is 44.5 Å². The maximum Gasteiger partial charge on any atom is 0.227 e. The van der Waals surface area contributed by atoms with Gasteiger partial charge in [0.2, 0.25) is 5.89 Å². The molecule has 7 aromatic carbocycles. The van der Waals surface area contributed by atoms with Crippen LogP contribution in [0.4, 0.5) is 17.1 Å². The number of hydrogen-bond donors (Lipinski definition) is 0. The van der Waals surface area contributed by atoms with E-state index in [1.807, 2.05) is 47.7 Å². The number of benzene rings is 7. The number of fused-ring (bicyclic) bond motifs is 6. The van der Waals surface area contributed by atoms with E-state index in [2.05, 4.69) is 126 Å². The molecule has 0 atom stereocenters. The Morgan fingerprint density at radius 3 is 2.02 bits per heavy atom. The van der Waals surface area contributed by atoms with Crippen molar-refractivity contribution < 1.29 is 4.42 Å². The highest BCUT2D eigenvalue weighted by molar-refractivity contribution is 7.26. The number of aromatic nitrogens is 1. The SMILES string of the molecule is c1ccc(-c2nc3c(o2)c(N(c2ccccc2)c2ccc(-c4cccc5c4sc4ccccc45)cc2)cc2ccccc23)cc1.